The number of halogens is 3. The fraction of sp³-hybridized carbons (Fsp3) is 0.273. The maximum atomic E-state index is 13.8. The molecule has 0 radical (unpaired) electrons. The van der Waals surface area contributed by atoms with Gasteiger partial charge >= 0.3 is 0 Å². The first-order valence-corrected chi connectivity index (χ1v) is 9.30. The van der Waals surface area contributed by atoms with Crippen molar-refractivity contribution >= 4 is 41.6 Å². The molecule has 1 saturated heterocycles. The molecule has 3 aromatic rings. The molecule has 0 spiro atoms. The standard InChI is InChI=1S/C22H22FN3O.2ClH/c1-14-11-17(9-10-24-14)25-22(27)19-13-20(15-5-3-2-4-6-15)26-21-12-16(23)7-8-18(19)21;;/h2-8,12-14,17,24H,9-11H2,1H3,(H,25,27);2*1H. The number of fused-ring (bicyclic) bond motifs is 1. The first-order chi connectivity index (χ1) is 13.1. The van der Waals surface area contributed by atoms with Crippen molar-refractivity contribution < 1.29 is 9.18 Å². The number of carbonyl (C=O) groups excluding carboxylic acids is 1. The molecular formula is C22H24Cl2FN3O. The molecule has 0 saturated carbocycles. The molecule has 2 atom stereocenters. The normalized spacial score (nSPS) is 18.4. The number of piperidine rings is 1. The molecule has 154 valence electrons. The van der Waals surface area contributed by atoms with E-state index < -0.39 is 0 Å². The minimum atomic E-state index is -0.362. The molecule has 1 aliphatic rings. The molecule has 1 fully saturated rings. The van der Waals surface area contributed by atoms with E-state index in [9.17, 15) is 9.18 Å². The number of hydrogen-bond acceptors (Lipinski definition) is 3. The van der Waals surface area contributed by atoms with Crippen LogP contribution in [0.1, 0.15) is 30.1 Å². The van der Waals surface area contributed by atoms with E-state index in [-0.39, 0.29) is 42.6 Å². The number of nitrogens with zero attached hydrogens (tertiary/aromatic N) is 1. The minimum absolute atomic E-state index is 0. The molecule has 4 nitrogen and oxygen atoms in total. The van der Waals surface area contributed by atoms with Crippen LogP contribution in [0.2, 0.25) is 0 Å². The predicted octanol–water partition coefficient (Wildman–Crippen LogP) is 4.75. The largest absolute Gasteiger partial charge is 0.349 e. The number of rotatable bonds is 3. The van der Waals surface area contributed by atoms with Gasteiger partial charge in [-0.15, -0.1) is 24.8 Å². The van der Waals surface area contributed by atoms with Crippen molar-refractivity contribution in [2.75, 3.05) is 6.54 Å². The second kappa shape index (κ2) is 10.0. The van der Waals surface area contributed by atoms with E-state index >= 15 is 0 Å². The molecule has 1 aromatic heterocycles. The van der Waals surface area contributed by atoms with Crippen molar-refractivity contribution in [1.82, 2.24) is 15.6 Å². The van der Waals surface area contributed by atoms with Gasteiger partial charge in [0.15, 0.2) is 0 Å². The van der Waals surface area contributed by atoms with Crippen LogP contribution < -0.4 is 10.6 Å². The van der Waals surface area contributed by atoms with Gasteiger partial charge in [0, 0.05) is 29.1 Å². The smallest absolute Gasteiger partial charge is 0.252 e. The number of amides is 1. The van der Waals surface area contributed by atoms with Crippen LogP contribution in [-0.4, -0.2) is 29.5 Å². The Bertz CT molecular complexity index is 984. The molecule has 0 bridgehead atoms. The number of hydrogen-bond donors (Lipinski definition) is 2. The number of pyridine rings is 1. The molecule has 29 heavy (non-hydrogen) atoms. The highest BCUT2D eigenvalue weighted by Crippen LogP contribution is 2.26. The number of carbonyl (C=O) groups is 1. The van der Waals surface area contributed by atoms with Gasteiger partial charge in [-0.3, -0.25) is 4.79 Å². The highest BCUT2D eigenvalue weighted by atomic mass is 35.5. The molecule has 1 amide bonds. The van der Waals surface area contributed by atoms with Gasteiger partial charge in [0.2, 0.25) is 0 Å². The van der Waals surface area contributed by atoms with Crippen molar-refractivity contribution in [3.63, 3.8) is 0 Å². The van der Waals surface area contributed by atoms with Crippen molar-refractivity contribution in [3.8, 4) is 11.3 Å². The van der Waals surface area contributed by atoms with Crippen LogP contribution in [0.5, 0.6) is 0 Å². The SMILES string of the molecule is CC1CC(NC(=O)c2cc(-c3ccccc3)nc3cc(F)ccc23)CCN1.Cl.Cl. The van der Waals surface area contributed by atoms with Crippen LogP contribution in [0.25, 0.3) is 22.2 Å². The molecule has 2 heterocycles. The summed E-state index contributed by atoms with van der Waals surface area (Å²) in [6, 6.07) is 16.3. The monoisotopic (exact) mass is 435 g/mol. The highest BCUT2D eigenvalue weighted by Gasteiger charge is 2.22. The van der Waals surface area contributed by atoms with E-state index in [1.54, 1.807) is 12.1 Å². The number of benzene rings is 2. The third kappa shape index (κ3) is 5.24. The van der Waals surface area contributed by atoms with E-state index in [2.05, 4.69) is 22.5 Å². The molecule has 4 rings (SSSR count). The lowest BCUT2D eigenvalue weighted by molar-refractivity contribution is 0.0927. The van der Waals surface area contributed by atoms with E-state index in [1.165, 1.54) is 12.1 Å². The van der Waals surface area contributed by atoms with E-state index in [0.717, 1.165) is 24.9 Å². The summed E-state index contributed by atoms with van der Waals surface area (Å²) in [6.45, 7) is 3.01. The van der Waals surface area contributed by atoms with Crippen molar-refractivity contribution in [2.24, 2.45) is 0 Å². The Labute approximate surface area is 182 Å². The molecule has 2 N–H and O–H groups in total. The molecular weight excluding hydrogens is 412 g/mol. The van der Waals surface area contributed by atoms with Gasteiger partial charge in [0.25, 0.3) is 5.91 Å². The summed E-state index contributed by atoms with van der Waals surface area (Å²) in [5, 5.41) is 7.20. The zero-order valence-corrected chi connectivity index (χ0v) is 17.7. The molecule has 2 aromatic carbocycles. The summed E-state index contributed by atoms with van der Waals surface area (Å²) in [5.41, 5.74) is 2.58. The Morgan fingerprint density at radius 3 is 2.62 bits per heavy atom. The first kappa shape index (κ1) is 23.1. The van der Waals surface area contributed by atoms with Gasteiger partial charge in [-0.05, 0) is 44.5 Å². The summed E-state index contributed by atoms with van der Waals surface area (Å²) in [7, 11) is 0. The molecule has 7 heteroatoms. The maximum Gasteiger partial charge on any atom is 0.252 e. The first-order valence-electron chi connectivity index (χ1n) is 9.30. The summed E-state index contributed by atoms with van der Waals surface area (Å²) < 4.78 is 13.8. The number of aromatic nitrogens is 1. The van der Waals surface area contributed by atoms with Gasteiger partial charge in [0.05, 0.1) is 16.8 Å². The highest BCUT2D eigenvalue weighted by molar-refractivity contribution is 6.07. The molecule has 2 unspecified atom stereocenters. The second-order valence-electron chi connectivity index (χ2n) is 7.13. The van der Waals surface area contributed by atoms with Gasteiger partial charge in [-0.2, -0.15) is 0 Å². The van der Waals surface area contributed by atoms with Gasteiger partial charge < -0.3 is 10.6 Å². The van der Waals surface area contributed by atoms with Crippen LogP contribution in [-0.2, 0) is 0 Å². The summed E-state index contributed by atoms with van der Waals surface area (Å²) in [4.78, 5) is 17.6. The van der Waals surface area contributed by atoms with E-state index in [0.29, 0.717) is 28.2 Å². The summed E-state index contributed by atoms with van der Waals surface area (Å²) in [5.74, 6) is -0.496. The fourth-order valence-electron chi connectivity index (χ4n) is 3.67. The Balaban J connectivity index is 0.00000150. The quantitative estimate of drug-likeness (QED) is 0.623. The third-order valence-electron chi connectivity index (χ3n) is 5.04. The Kier molecular flexibility index (Phi) is 7.96. The lowest BCUT2D eigenvalue weighted by Crippen LogP contribution is -2.46. The lowest BCUT2D eigenvalue weighted by Gasteiger charge is -2.28. The van der Waals surface area contributed by atoms with Crippen LogP contribution in [0, 0.1) is 5.82 Å². The summed E-state index contributed by atoms with van der Waals surface area (Å²) in [6.07, 6.45) is 1.80. The average molecular weight is 436 g/mol. The number of nitrogens with one attached hydrogen (secondary N) is 2. The Hall–Kier alpha value is -2.21. The van der Waals surface area contributed by atoms with Gasteiger partial charge in [-0.25, -0.2) is 9.37 Å². The lowest BCUT2D eigenvalue weighted by atomic mass is 9.99. The van der Waals surface area contributed by atoms with Crippen molar-refractivity contribution in [2.45, 2.75) is 31.8 Å². The zero-order valence-electron chi connectivity index (χ0n) is 16.0. The van der Waals surface area contributed by atoms with Crippen LogP contribution in [0.4, 0.5) is 4.39 Å². The molecule has 0 aliphatic carbocycles. The molecule has 1 aliphatic heterocycles. The van der Waals surface area contributed by atoms with Crippen LogP contribution >= 0.6 is 24.8 Å². The van der Waals surface area contributed by atoms with Crippen molar-refractivity contribution in [3.05, 3.63) is 66.0 Å². The maximum absolute atomic E-state index is 13.8. The van der Waals surface area contributed by atoms with Crippen LogP contribution in [0.3, 0.4) is 0 Å². The average Bonchev–Trinajstić information content (AvgIpc) is 2.67. The fourth-order valence-corrected chi connectivity index (χ4v) is 3.67. The van der Waals surface area contributed by atoms with Crippen LogP contribution in [0.15, 0.2) is 54.6 Å². The second-order valence-corrected chi connectivity index (χ2v) is 7.13. The Morgan fingerprint density at radius 2 is 1.90 bits per heavy atom. The topological polar surface area (TPSA) is 54.0 Å². The van der Waals surface area contributed by atoms with Gasteiger partial charge in [-0.1, -0.05) is 30.3 Å². The predicted molar refractivity (Wildman–Crippen MR) is 120 cm³/mol. The van der Waals surface area contributed by atoms with Crippen molar-refractivity contribution in [1.29, 1.82) is 0 Å². The zero-order chi connectivity index (χ0) is 18.8. The summed E-state index contributed by atoms with van der Waals surface area (Å²) >= 11 is 0. The van der Waals surface area contributed by atoms with E-state index in [4.69, 9.17) is 0 Å². The minimum Gasteiger partial charge on any atom is -0.349 e. The third-order valence-corrected chi connectivity index (χ3v) is 5.04. The van der Waals surface area contributed by atoms with Gasteiger partial charge in [0.1, 0.15) is 5.82 Å². The van der Waals surface area contributed by atoms with E-state index in [1.807, 2.05) is 30.3 Å². The Morgan fingerprint density at radius 1 is 1.14 bits per heavy atom.